The molecule has 0 aliphatic carbocycles. The molecule has 1 N–H and O–H groups in total. The molecule has 0 saturated carbocycles. The summed E-state index contributed by atoms with van der Waals surface area (Å²) in [4.78, 5) is 23.7. The number of para-hydroxylation sites is 2. The first-order chi connectivity index (χ1) is 9.04. The number of nitro benzene ring substituents is 1. The molecule has 2 atom stereocenters. The Hall–Kier alpha value is -2.15. The minimum absolute atomic E-state index is 0.0921. The maximum Gasteiger partial charge on any atom is 0.328 e. The first-order valence-electron chi connectivity index (χ1n) is 5.80. The summed E-state index contributed by atoms with van der Waals surface area (Å²) in [6, 6.07) is 5.45. The summed E-state index contributed by atoms with van der Waals surface area (Å²) in [5.74, 6) is -0.505. The zero-order chi connectivity index (χ0) is 14.0. The highest BCUT2D eigenvalue weighted by Gasteiger charge is 2.39. The molecule has 1 aliphatic rings. The van der Waals surface area contributed by atoms with Crippen molar-refractivity contribution in [3.8, 4) is 0 Å². The molecule has 0 radical (unpaired) electrons. The maximum absolute atomic E-state index is 11.7. The van der Waals surface area contributed by atoms with Crippen LogP contribution in [0.3, 0.4) is 0 Å². The van der Waals surface area contributed by atoms with Crippen LogP contribution >= 0.6 is 0 Å². The van der Waals surface area contributed by atoms with E-state index < -0.39 is 23.0 Å². The van der Waals surface area contributed by atoms with Crippen LogP contribution in [-0.4, -0.2) is 41.8 Å². The van der Waals surface area contributed by atoms with Crippen LogP contribution in [0.1, 0.15) is 6.42 Å². The molecule has 1 aromatic rings. The maximum atomic E-state index is 11.7. The van der Waals surface area contributed by atoms with Gasteiger partial charge in [0.25, 0.3) is 5.69 Å². The van der Waals surface area contributed by atoms with Gasteiger partial charge < -0.3 is 14.7 Å². The number of nitrogens with zero attached hydrogens (tertiary/aromatic N) is 2. The fraction of sp³-hybridized carbons (Fsp3) is 0.417. The normalized spacial score (nSPS) is 22.3. The second-order valence-corrected chi connectivity index (χ2v) is 4.33. The molecule has 0 aromatic heterocycles. The van der Waals surface area contributed by atoms with E-state index in [2.05, 4.69) is 4.74 Å². The Kier molecular flexibility index (Phi) is 3.66. The summed E-state index contributed by atoms with van der Waals surface area (Å²) >= 11 is 0. The van der Waals surface area contributed by atoms with Gasteiger partial charge >= 0.3 is 5.97 Å². The average molecular weight is 266 g/mol. The van der Waals surface area contributed by atoms with Crippen molar-refractivity contribution in [1.82, 2.24) is 0 Å². The number of hydrogen-bond acceptors (Lipinski definition) is 6. The molecule has 102 valence electrons. The van der Waals surface area contributed by atoms with Crippen LogP contribution in [0.5, 0.6) is 0 Å². The fourth-order valence-corrected chi connectivity index (χ4v) is 2.30. The zero-order valence-corrected chi connectivity index (χ0v) is 10.4. The highest BCUT2D eigenvalue weighted by atomic mass is 16.6. The number of aliphatic hydroxyl groups is 1. The number of rotatable bonds is 3. The lowest BCUT2D eigenvalue weighted by Gasteiger charge is -2.23. The second kappa shape index (κ2) is 5.23. The van der Waals surface area contributed by atoms with Crippen molar-refractivity contribution in [1.29, 1.82) is 0 Å². The lowest BCUT2D eigenvalue weighted by atomic mass is 10.2. The average Bonchev–Trinajstić information content (AvgIpc) is 2.79. The molecule has 7 nitrogen and oxygen atoms in total. The molecular formula is C12H14N2O5. The van der Waals surface area contributed by atoms with Crippen LogP contribution in [0.25, 0.3) is 0 Å². The van der Waals surface area contributed by atoms with E-state index in [4.69, 9.17) is 0 Å². The third-order valence-corrected chi connectivity index (χ3v) is 3.14. The lowest BCUT2D eigenvalue weighted by molar-refractivity contribution is -0.384. The number of nitro groups is 1. The van der Waals surface area contributed by atoms with Gasteiger partial charge in [0.05, 0.1) is 18.1 Å². The Labute approximate surface area is 109 Å². The quantitative estimate of drug-likeness (QED) is 0.492. The van der Waals surface area contributed by atoms with Crippen molar-refractivity contribution in [2.45, 2.75) is 18.6 Å². The minimum Gasteiger partial charge on any atom is -0.467 e. The number of hydrogen-bond donors (Lipinski definition) is 1. The molecule has 2 rings (SSSR count). The van der Waals surface area contributed by atoms with E-state index in [-0.39, 0.29) is 18.7 Å². The van der Waals surface area contributed by atoms with Crippen molar-refractivity contribution < 1.29 is 19.6 Å². The Morgan fingerprint density at radius 2 is 2.21 bits per heavy atom. The predicted octanol–water partition coefficient (Wildman–Crippen LogP) is 0.707. The third-order valence-electron chi connectivity index (χ3n) is 3.14. The zero-order valence-electron chi connectivity index (χ0n) is 10.4. The summed E-state index contributed by atoms with van der Waals surface area (Å²) < 4.78 is 4.67. The van der Waals surface area contributed by atoms with Crippen LogP contribution in [0.4, 0.5) is 11.4 Å². The van der Waals surface area contributed by atoms with Crippen molar-refractivity contribution in [2.75, 3.05) is 18.6 Å². The van der Waals surface area contributed by atoms with Gasteiger partial charge in [0.1, 0.15) is 11.7 Å². The number of benzene rings is 1. The molecule has 1 heterocycles. The molecule has 7 heteroatoms. The Bertz CT molecular complexity index is 505. The largest absolute Gasteiger partial charge is 0.467 e. The Balaban J connectivity index is 2.39. The third kappa shape index (κ3) is 2.50. The Morgan fingerprint density at radius 1 is 1.53 bits per heavy atom. The molecule has 1 aliphatic heterocycles. The number of β-amino-alcohol motifs (C(OH)–C–C–N with tert-alkyl or cyclic N) is 1. The van der Waals surface area contributed by atoms with Gasteiger partial charge in [0.15, 0.2) is 0 Å². The van der Waals surface area contributed by atoms with Crippen molar-refractivity contribution in [2.24, 2.45) is 0 Å². The van der Waals surface area contributed by atoms with Gasteiger partial charge in [-0.3, -0.25) is 10.1 Å². The van der Waals surface area contributed by atoms with Gasteiger partial charge in [-0.05, 0) is 6.07 Å². The standard InChI is InChI=1S/C12H14N2O5/c1-19-12(16)11-6-8(15)7-13(11)9-4-2-3-5-10(9)14(17)18/h2-5,8,11,15H,6-7H2,1H3. The highest BCUT2D eigenvalue weighted by Crippen LogP contribution is 2.33. The number of esters is 1. The Morgan fingerprint density at radius 3 is 2.84 bits per heavy atom. The van der Waals surface area contributed by atoms with E-state index >= 15 is 0 Å². The highest BCUT2D eigenvalue weighted by molar-refractivity contribution is 5.82. The van der Waals surface area contributed by atoms with Crippen LogP contribution in [-0.2, 0) is 9.53 Å². The van der Waals surface area contributed by atoms with Gasteiger partial charge in [0, 0.05) is 19.0 Å². The van der Waals surface area contributed by atoms with Gasteiger partial charge in [0.2, 0.25) is 0 Å². The molecule has 0 amide bonds. The number of aliphatic hydroxyl groups excluding tert-OH is 1. The molecule has 1 aromatic carbocycles. The molecule has 0 bridgehead atoms. The van der Waals surface area contributed by atoms with E-state index in [1.165, 1.54) is 18.1 Å². The summed E-state index contributed by atoms with van der Waals surface area (Å²) in [6.07, 6.45) is -0.498. The summed E-state index contributed by atoms with van der Waals surface area (Å²) in [5.41, 5.74) is 0.227. The molecule has 1 saturated heterocycles. The molecular weight excluding hydrogens is 252 g/mol. The van der Waals surface area contributed by atoms with Crippen LogP contribution in [0, 0.1) is 10.1 Å². The first-order valence-corrected chi connectivity index (χ1v) is 5.80. The van der Waals surface area contributed by atoms with Crippen LogP contribution < -0.4 is 4.90 Å². The van der Waals surface area contributed by atoms with Gasteiger partial charge in [-0.25, -0.2) is 4.79 Å². The molecule has 19 heavy (non-hydrogen) atoms. The number of anilines is 1. The number of carbonyl (C=O) groups is 1. The minimum atomic E-state index is -0.705. The smallest absolute Gasteiger partial charge is 0.328 e. The fourth-order valence-electron chi connectivity index (χ4n) is 2.30. The van der Waals surface area contributed by atoms with Gasteiger partial charge in [-0.1, -0.05) is 12.1 Å². The van der Waals surface area contributed by atoms with Crippen LogP contribution in [0.2, 0.25) is 0 Å². The predicted molar refractivity (Wildman–Crippen MR) is 66.9 cm³/mol. The topological polar surface area (TPSA) is 92.9 Å². The van der Waals surface area contributed by atoms with E-state index in [0.29, 0.717) is 5.69 Å². The van der Waals surface area contributed by atoms with E-state index in [1.807, 2.05) is 0 Å². The van der Waals surface area contributed by atoms with E-state index in [0.717, 1.165) is 0 Å². The molecule has 0 spiro atoms. The summed E-state index contributed by atoms with van der Waals surface area (Å²) in [5, 5.41) is 20.7. The number of methoxy groups -OCH3 is 1. The monoisotopic (exact) mass is 266 g/mol. The first kappa shape index (κ1) is 13.3. The lowest BCUT2D eigenvalue weighted by Crippen LogP contribution is -2.37. The SMILES string of the molecule is COC(=O)C1CC(O)CN1c1ccccc1[N+](=O)[O-]. The second-order valence-electron chi connectivity index (χ2n) is 4.33. The van der Waals surface area contributed by atoms with Crippen molar-refractivity contribution >= 4 is 17.3 Å². The van der Waals surface area contributed by atoms with Gasteiger partial charge in [-0.2, -0.15) is 0 Å². The number of ether oxygens (including phenoxy) is 1. The van der Waals surface area contributed by atoms with E-state index in [9.17, 15) is 20.0 Å². The van der Waals surface area contributed by atoms with E-state index in [1.54, 1.807) is 18.2 Å². The number of carbonyl (C=O) groups excluding carboxylic acids is 1. The molecule has 2 unspecified atom stereocenters. The van der Waals surface area contributed by atoms with Crippen LogP contribution in [0.15, 0.2) is 24.3 Å². The van der Waals surface area contributed by atoms with Gasteiger partial charge in [-0.15, -0.1) is 0 Å². The van der Waals surface area contributed by atoms with Crippen molar-refractivity contribution in [3.63, 3.8) is 0 Å². The molecule has 1 fully saturated rings. The summed E-state index contributed by atoms with van der Waals surface area (Å²) in [7, 11) is 1.25. The summed E-state index contributed by atoms with van der Waals surface area (Å²) in [6.45, 7) is 0.171. The van der Waals surface area contributed by atoms with Crippen molar-refractivity contribution in [3.05, 3.63) is 34.4 Å².